The summed E-state index contributed by atoms with van der Waals surface area (Å²) in [6, 6.07) is 18.0. The smallest absolute Gasteiger partial charge is 0.340 e. The Bertz CT molecular complexity index is 1250. The molecule has 1 aliphatic rings. The highest BCUT2D eigenvalue weighted by Gasteiger charge is 2.23. The standard InChI is InChI=1S/C25H22N2O3/c1-17-20-9-10-23-22(15-27(16-29-23)14-19-8-5-11-26-13-19)24(20)30-25(28)21(17)12-18-6-3-2-4-7-18/h2-11,13H,12,14-16H2,1H3. The van der Waals surface area contributed by atoms with E-state index >= 15 is 0 Å². The van der Waals surface area contributed by atoms with E-state index in [4.69, 9.17) is 9.15 Å². The molecule has 3 heterocycles. The van der Waals surface area contributed by atoms with Crippen LogP contribution in [-0.4, -0.2) is 16.6 Å². The number of aryl methyl sites for hydroxylation is 1. The Kier molecular flexibility index (Phi) is 4.81. The molecule has 2 aromatic carbocycles. The molecule has 0 saturated heterocycles. The van der Waals surface area contributed by atoms with E-state index in [0.29, 0.717) is 30.8 Å². The van der Waals surface area contributed by atoms with Gasteiger partial charge in [0.25, 0.3) is 0 Å². The van der Waals surface area contributed by atoms with Crippen molar-refractivity contribution in [2.75, 3.05) is 6.73 Å². The molecule has 0 fully saturated rings. The van der Waals surface area contributed by atoms with Crippen LogP contribution in [0, 0.1) is 6.92 Å². The number of aromatic nitrogens is 1. The lowest BCUT2D eigenvalue weighted by molar-refractivity contribution is 0.0889. The highest BCUT2D eigenvalue weighted by molar-refractivity contribution is 5.86. The van der Waals surface area contributed by atoms with Gasteiger partial charge in [-0.1, -0.05) is 36.4 Å². The Labute approximate surface area is 174 Å². The fourth-order valence-corrected chi connectivity index (χ4v) is 4.06. The first-order valence-electron chi connectivity index (χ1n) is 10.0. The molecule has 30 heavy (non-hydrogen) atoms. The summed E-state index contributed by atoms with van der Waals surface area (Å²) in [6.07, 6.45) is 4.19. The first-order valence-corrected chi connectivity index (χ1v) is 10.0. The number of rotatable bonds is 4. The number of hydrogen-bond acceptors (Lipinski definition) is 5. The predicted octanol–water partition coefficient (Wildman–Crippen LogP) is 4.44. The number of pyridine rings is 1. The molecule has 0 amide bonds. The molecule has 0 radical (unpaired) electrons. The van der Waals surface area contributed by atoms with Crippen LogP contribution in [0.5, 0.6) is 5.75 Å². The van der Waals surface area contributed by atoms with E-state index in [-0.39, 0.29) is 5.63 Å². The summed E-state index contributed by atoms with van der Waals surface area (Å²) in [7, 11) is 0. The molecular weight excluding hydrogens is 376 g/mol. The van der Waals surface area contributed by atoms with Crippen LogP contribution in [0.4, 0.5) is 0 Å². The van der Waals surface area contributed by atoms with Gasteiger partial charge in [0.1, 0.15) is 18.1 Å². The van der Waals surface area contributed by atoms with Crippen molar-refractivity contribution in [3.8, 4) is 5.75 Å². The molecular formula is C25H22N2O3. The lowest BCUT2D eigenvalue weighted by Crippen LogP contribution is -2.31. The monoisotopic (exact) mass is 398 g/mol. The fraction of sp³-hybridized carbons (Fsp3) is 0.200. The number of ether oxygens (including phenoxy) is 1. The second-order valence-corrected chi connectivity index (χ2v) is 7.70. The van der Waals surface area contributed by atoms with Crippen molar-refractivity contribution < 1.29 is 9.15 Å². The van der Waals surface area contributed by atoms with Gasteiger partial charge in [-0.2, -0.15) is 0 Å². The number of hydrogen-bond donors (Lipinski definition) is 0. The van der Waals surface area contributed by atoms with Crippen LogP contribution in [0.2, 0.25) is 0 Å². The Morgan fingerprint density at radius 3 is 2.67 bits per heavy atom. The normalized spacial score (nSPS) is 13.8. The summed E-state index contributed by atoms with van der Waals surface area (Å²) in [6.45, 7) is 3.87. The Morgan fingerprint density at radius 1 is 1.03 bits per heavy atom. The van der Waals surface area contributed by atoms with Gasteiger partial charge in [-0.05, 0) is 41.8 Å². The van der Waals surface area contributed by atoms with Crippen molar-refractivity contribution in [2.24, 2.45) is 0 Å². The highest BCUT2D eigenvalue weighted by Crippen LogP contribution is 2.34. The lowest BCUT2D eigenvalue weighted by Gasteiger charge is -2.29. The maximum atomic E-state index is 12.9. The molecule has 0 atom stereocenters. The van der Waals surface area contributed by atoms with Crippen molar-refractivity contribution in [2.45, 2.75) is 26.4 Å². The molecule has 0 N–H and O–H groups in total. The molecule has 4 aromatic rings. The second kappa shape index (κ2) is 7.76. The molecule has 0 aliphatic carbocycles. The van der Waals surface area contributed by atoms with Crippen LogP contribution in [0.25, 0.3) is 11.0 Å². The Balaban J connectivity index is 1.52. The van der Waals surface area contributed by atoms with Crippen LogP contribution < -0.4 is 10.4 Å². The summed E-state index contributed by atoms with van der Waals surface area (Å²) in [5.41, 5.74) is 5.16. The van der Waals surface area contributed by atoms with Crippen LogP contribution in [0.3, 0.4) is 0 Å². The van der Waals surface area contributed by atoms with E-state index in [0.717, 1.165) is 39.9 Å². The van der Waals surface area contributed by atoms with Gasteiger partial charge in [0.2, 0.25) is 0 Å². The predicted molar refractivity (Wildman–Crippen MR) is 115 cm³/mol. The third-order valence-corrected chi connectivity index (χ3v) is 5.65. The first kappa shape index (κ1) is 18.6. The summed E-state index contributed by atoms with van der Waals surface area (Å²) in [5, 5.41) is 0.964. The molecule has 0 unspecified atom stereocenters. The van der Waals surface area contributed by atoms with E-state index in [1.807, 2.05) is 67.7 Å². The van der Waals surface area contributed by atoms with Gasteiger partial charge in [-0.15, -0.1) is 0 Å². The number of nitrogens with zero attached hydrogens (tertiary/aromatic N) is 2. The first-order chi connectivity index (χ1) is 14.7. The quantitative estimate of drug-likeness (QED) is 0.476. The van der Waals surface area contributed by atoms with E-state index in [9.17, 15) is 4.79 Å². The third kappa shape index (κ3) is 3.48. The zero-order valence-corrected chi connectivity index (χ0v) is 16.8. The molecule has 150 valence electrons. The summed E-state index contributed by atoms with van der Waals surface area (Å²) in [4.78, 5) is 19.2. The topological polar surface area (TPSA) is 55.6 Å². The minimum Gasteiger partial charge on any atom is -0.478 e. The van der Waals surface area contributed by atoms with Gasteiger partial charge in [0.15, 0.2) is 0 Å². The number of benzene rings is 2. The minimum atomic E-state index is -0.276. The number of fused-ring (bicyclic) bond motifs is 3. The van der Waals surface area contributed by atoms with Crippen LogP contribution >= 0.6 is 0 Å². The summed E-state index contributed by atoms with van der Waals surface area (Å²) in [5.74, 6) is 0.781. The lowest BCUT2D eigenvalue weighted by atomic mass is 9.98. The van der Waals surface area contributed by atoms with Gasteiger partial charge >= 0.3 is 5.63 Å². The van der Waals surface area contributed by atoms with Gasteiger partial charge in [0, 0.05) is 42.9 Å². The van der Waals surface area contributed by atoms with Gasteiger partial charge in [0.05, 0.1) is 5.56 Å². The third-order valence-electron chi connectivity index (χ3n) is 5.65. The van der Waals surface area contributed by atoms with Crippen molar-refractivity contribution in [1.82, 2.24) is 9.88 Å². The molecule has 2 aromatic heterocycles. The molecule has 0 spiro atoms. The highest BCUT2D eigenvalue weighted by atomic mass is 16.5. The Morgan fingerprint density at radius 2 is 1.87 bits per heavy atom. The van der Waals surface area contributed by atoms with Gasteiger partial charge in [-0.25, -0.2) is 4.79 Å². The van der Waals surface area contributed by atoms with Crippen molar-refractivity contribution in [3.63, 3.8) is 0 Å². The van der Waals surface area contributed by atoms with Crippen molar-refractivity contribution in [1.29, 1.82) is 0 Å². The van der Waals surface area contributed by atoms with Crippen molar-refractivity contribution in [3.05, 3.63) is 105 Å². The Hall–Kier alpha value is -3.44. The average molecular weight is 398 g/mol. The molecule has 5 heteroatoms. The van der Waals surface area contributed by atoms with Gasteiger partial charge < -0.3 is 9.15 Å². The summed E-state index contributed by atoms with van der Waals surface area (Å²) < 4.78 is 11.8. The van der Waals surface area contributed by atoms with Crippen LogP contribution in [0.15, 0.2) is 76.2 Å². The fourth-order valence-electron chi connectivity index (χ4n) is 4.06. The van der Waals surface area contributed by atoms with E-state index in [1.54, 1.807) is 6.20 Å². The molecule has 0 saturated carbocycles. The summed E-state index contributed by atoms with van der Waals surface area (Å²) >= 11 is 0. The van der Waals surface area contributed by atoms with Crippen LogP contribution in [0.1, 0.15) is 27.8 Å². The molecule has 5 rings (SSSR count). The van der Waals surface area contributed by atoms with E-state index in [1.165, 1.54) is 0 Å². The van der Waals surface area contributed by atoms with Crippen molar-refractivity contribution >= 4 is 11.0 Å². The minimum absolute atomic E-state index is 0.276. The molecule has 5 nitrogen and oxygen atoms in total. The largest absolute Gasteiger partial charge is 0.478 e. The zero-order valence-electron chi connectivity index (χ0n) is 16.8. The van der Waals surface area contributed by atoms with E-state index in [2.05, 4.69) is 9.88 Å². The van der Waals surface area contributed by atoms with Crippen LogP contribution in [-0.2, 0) is 19.5 Å². The van der Waals surface area contributed by atoms with E-state index < -0.39 is 0 Å². The maximum absolute atomic E-state index is 12.9. The SMILES string of the molecule is Cc1c(Cc2ccccc2)c(=O)oc2c3c(ccc12)OCN(Cc1cccnc1)C3. The second-order valence-electron chi connectivity index (χ2n) is 7.70. The van der Waals surface area contributed by atoms with Gasteiger partial charge in [-0.3, -0.25) is 9.88 Å². The maximum Gasteiger partial charge on any atom is 0.340 e. The molecule has 0 bridgehead atoms. The average Bonchev–Trinajstić information content (AvgIpc) is 2.78. The zero-order chi connectivity index (χ0) is 20.5. The molecule has 1 aliphatic heterocycles.